The molecule has 1 aliphatic carbocycles. The molecule has 0 aliphatic heterocycles. The van der Waals surface area contributed by atoms with Gasteiger partial charge in [-0.25, -0.2) is 4.79 Å². The summed E-state index contributed by atoms with van der Waals surface area (Å²) in [4.78, 5) is 35.2. The van der Waals surface area contributed by atoms with Crippen LogP contribution in [0, 0.1) is 5.92 Å². The predicted molar refractivity (Wildman–Crippen MR) is 87.9 cm³/mol. The van der Waals surface area contributed by atoms with Crippen molar-refractivity contribution in [2.45, 2.75) is 77.2 Å². The Kier molecular flexibility index (Phi) is 8.06. The van der Waals surface area contributed by atoms with E-state index in [0.29, 0.717) is 38.1 Å². The van der Waals surface area contributed by atoms with Gasteiger partial charge in [-0.1, -0.05) is 20.3 Å². The second-order valence-corrected chi connectivity index (χ2v) is 6.49. The first-order chi connectivity index (χ1) is 10.9. The molecule has 6 nitrogen and oxygen atoms in total. The lowest BCUT2D eigenvalue weighted by Crippen LogP contribution is -2.56. The molecule has 0 bridgehead atoms. The second-order valence-electron chi connectivity index (χ2n) is 6.49. The summed E-state index contributed by atoms with van der Waals surface area (Å²) in [5.74, 6) is -0.718. The van der Waals surface area contributed by atoms with Gasteiger partial charge in [-0.05, 0) is 44.4 Å². The first-order valence-corrected chi connectivity index (χ1v) is 8.74. The van der Waals surface area contributed by atoms with Crippen molar-refractivity contribution in [3.8, 4) is 0 Å². The molecule has 0 aromatic carbocycles. The average Bonchev–Trinajstić information content (AvgIpc) is 2.53. The zero-order chi connectivity index (χ0) is 17.3. The number of hydrogen-bond acceptors (Lipinski definition) is 3. The monoisotopic (exact) mass is 326 g/mol. The molecule has 0 atom stereocenters. The summed E-state index contributed by atoms with van der Waals surface area (Å²) in [6, 6.07) is 0. The van der Waals surface area contributed by atoms with Gasteiger partial charge >= 0.3 is 5.97 Å². The SMILES string of the molecule is CCCNC(=O)CCCC(=O)NC1(C(=O)O)CCC(CC)CC1. The number of rotatable bonds is 9. The van der Waals surface area contributed by atoms with E-state index in [1.807, 2.05) is 6.92 Å². The Morgan fingerprint density at radius 3 is 2.22 bits per heavy atom. The molecule has 1 aliphatic rings. The number of amides is 2. The van der Waals surface area contributed by atoms with Crippen molar-refractivity contribution in [2.24, 2.45) is 5.92 Å². The maximum absolute atomic E-state index is 12.1. The van der Waals surface area contributed by atoms with Crippen LogP contribution in [-0.4, -0.2) is 35.0 Å². The first kappa shape index (κ1) is 19.5. The van der Waals surface area contributed by atoms with Crippen molar-refractivity contribution < 1.29 is 19.5 Å². The topological polar surface area (TPSA) is 95.5 Å². The molecular formula is C17H30N2O4. The third-order valence-corrected chi connectivity index (χ3v) is 4.70. The minimum atomic E-state index is -1.12. The van der Waals surface area contributed by atoms with Gasteiger partial charge in [-0.2, -0.15) is 0 Å². The quantitative estimate of drug-likeness (QED) is 0.605. The Hall–Kier alpha value is -1.59. The van der Waals surface area contributed by atoms with E-state index in [9.17, 15) is 19.5 Å². The van der Waals surface area contributed by atoms with Crippen LogP contribution in [0.1, 0.15) is 71.6 Å². The van der Waals surface area contributed by atoms with Gasteiger partial charge in [0.15, 0.2) is 0 Å². The molecule has 0 aromatic rings. The molecule has 0 unspecified atom stereocenters. The van der Waals surface area contributed by atoms with E-state index in [2.05, 4.69) is 17.6 Å². The lowest BCUT2D eigenvalue weighted by Gasteiger charge is -2.37. The summed E-state index contributed by atoms with van der Waals surface area (Å²) in [6.45, 7) is 4.73. The largest absolute Gasteiger partial charge is 0.480 e. The minimum absolute atomic E-state index is 0.0592. The van der Waals surface area contributed by atoms with Crippen LogP contribution in [0.15, 0.2) is 0 Å². The van der Waals surface area contributed by atoms with E-state index in [0.717, 1.165) is 25.7 Å². The summed E-state index contributed by atoms with van der Waals surface area (Å²) >= 11 is 0. The summed E-state index contributed by atoms with van der Waals surface area (Å²) in [5, 5.41) is 15.0. The number of hydrogen-bond donors (Lipinski definition) is 3. The van der Waals surface area contributed by atoms with Crippen LogP contribution in [0.25, 0.3) is 0 Å². The van der Waals surface area contributed by atoms with Gasteiger partial charge in [0.25, 0.3) is 0 Å². The Bertz CT molecular complexity index is 415. The standard InChI is InChI=1S/C17H30N2O4/c1-3-12-18-14(20)6-5-7-15(21)19-17(16(22)23)10-8-13(4-2)9-11-17/h13H,3-12H2,1-2H3,(H,18,20)(H,19,21)(H,22,23). The van der Waals surface area contributed by atoms with Crippen LogP contribution in [-0.2, 0) is 14.4 Å². The minimum Gasteiger partial charge on any atom is -0.480 e. The van der Waals surface area contributed by atoms with Crippen LogP contribution in [0.3, 0.4) is 0 Å². The van der Waals surface area contributed by atoms with Gasteiger partial charge in [-0.15, -0.1) is 0 Å². The van der Waals surface area contributed by atoms with Crippen LogP contribution >= 0.6 is 0 Å². The maximum Gasteiger partial charge on any atom is 0.329 e. The molecule has 1 rings (SSSR count). The summed E-state index contributed by atoms with van der Waals surface area (Å²) < 4.78 is 0. The number of carboxylic acids is 1. The fourth-order valence-electron chi connectivity index (χ4n) is 3.06. The van der Waals surface area contributed by atoms with E-state index in [1.165, 1.54) is 0 Å². The summed E-state index contributed by atoms with van der Waals surface area (Å²) in [6.07, 6.45) is 5.51. The van der Waals surface area contributed by atoms with E-state index < -0.39 is 11.5 Å². The zero-order valence-corrected chi connectivity index (χ0v) is 14.3. The molecule has 132 valence electrons. The van der Waals surface area contributed by atoms with E-state index in [-0.39, 0.29) is 18.2 Å². The number of aliphatic carboxylic acids is 1. The Morgan fingerprint density at radius 2 is 1.70 bits per heavy atom. The van der Waals surface area contributed by atoms with E-state index in [4.69, 9.17) is 0 Å². The third kappa shape index (κ3) is 6.20. The fraction of sp³-hybridized carbons (Fsp3) is 0.824. The molecule has 23 heavy (non-hydrogen) atoms. The molecular weight excluding hydrogens is 296 g/mol. The van der Waals surface area contributed by atoms with Crippen molar-refractivity contribution >= 4 is 17.8 Å². The number of carboxylic acid groups (broad SMARTS) is 1. The van der Waals surface area contributed by atoms with Gasteiger partial charge in [0.2, 0.25) is 11.8 Å². The highest BCUT2D eigenvalue weighted by Crippen LogP contribution is 2.34. The lowest BCUT2D eigenvalue weighted by molar-refractivity contribution is -0.149. The van der Waals surface area contributed by atoms with Gasteiger partial charge < -0.3 is 15.7 Å². The molecule has 1 fully saturated rings. The Labute approximate surface area is 138 Å². The molecule has 1 saturated carbocycles. The molecule has 6 heteroatoms. The van der Waals surface area contributed by atoms with Crippen LogP contribution in [0.5, 0.6) is 0 Å². The normalized spacial score (nSPS) is 24.0. The van der Waals surface area contributed by atoms with E-state index in [1.54, 1.807) is 0 Å². The third-order valence-electron chi connectivity index (χ3n) is 4.70. The summed E-state index contributed by atoms with van der Waals surface area (Å²) in [7, 11) is 0. The van der Waals surface area contributed by atoms with Gasteiger partial charge in [0, 0.05) is 19.4 Å². The van der Waals surface area contributed by atoms with Crippen molar-refractivity contribution in [1.82, 2.24) is 10.6 Å². The smallest absolute Gasteiger partial charge is 0.329 e. The Morgan fingerprint density at radius 1 is 1.09 bits per heavy atom. The van der Waals surface area contributed by atoms with Crippen molar-refractivity contribution in [2.75, 3.05) is 6.54 Å². The molecule has 0 heterocycles. The van der Waals surface area contributed by atoms with Crippen LogP contribution < -0.4 is 10.6 Å². The van der Waals surface area contributed by atoms with Crippen molar-refractivity contribution in [3.63, 3.8) is 0 Å². The average molecular weight is 326 g/mol. The highest BCUT2D eigenvalue weighted by atomic mass is 16.4. The van der Waals surface area contributed by atoms with Gasteiger partial charge in [-0.3, -0.25) is 9.59 Å². The van der Waals surface area contributed by atoms with Crippen molar-refractivity contribution in [1.29, 1.82) is 0 Å². The second kappa shape index (κ2) is 9.53. The lowest BCUT2D eigenvalue weighted by atomic mass is 9.75. The van der Waals surface area contributed by atoms with Crippen LogP contribution in [0.2, 0.25) is 0 Å². The number of nitrogens with one attached hydrogen (secondary N) is 2. The predicted octanol–water partition coefficient (Wildman–Crippen LogP) is 2.22. The Balaban J connectivity index is 2.41. The molecule has 3 N–H and O–H groups in total. The molecule has 0 aromatic heterocycles. The van der Waals surface area contributed by atoms with E-state index >= 15 is 0 Å². The van der Waals surface area contributed by atoms with Crippen molar-refractivity contribution in [3.05, 3.63) is 0 Å². The zero-order valence-electron chi connectivity index (χ0n) is 14.3. The number of carbonyl (C=O) groups is 3. The van der Waals surface area contributed by atoms with Gasteiger partial charge in [0.05, 0.1) is 0 Å². The maximum atomic E-state index is 12.1. The highest BCUT2D eigenvalue weighted by molar-refractivity contribution is 5.87. The molecule has 0 radical (unpaired) electrons. The molecule has 2 amide bonds. The molecule has 0 saturated heterocycles. The first-order valence-electron chi connectivity index (χ1n) is 8.74. The number of carbonyl (C=O) groups excluding carboxylic acids is 2. The summed E-state index contributed by atoms with van der Waals surface area (Å²) in [5.41, 5.74) is -1.12. The van der Waals surface area contributed by atoms with Crippen LogP contribution in [0.4, 0.5) is 0 Å². The molecule has 0 spiro atoms. The fourth-order valence-corrected chi connectivity index (χ4v) is 3.06. The highest BCUT2D eigenvalue weighted by Gasteiger charge is 2.42. The van der Waals surface area contributed by atoms with Gasteiger partial charge in [0.1, 0.15) is 5.54 Å².